The molecule has 1 unspecified atom stereocenters. The van der Waals surface area contributed by atoms with E-state index >= 15 is 0 Å². The Balaban J connectivity index is 1.47. The van der Waals surface area contributed by atoms with Crippen LogP contribution in [0, 0.1) is 6.92 Å². The van der Waals surface area contributed by atoms with Crippen molar-refractivity contribution < 1.29 is 14.0 Å². The van der Waals surface area contributed by atoms with Gasteiger partial charge in [0.25, 0.3) is 5.91 Å². The lowest BCUT2D eigenvalue weighted by atomic mass is 9.93. The molecule has 1 N–H and O–H groups in total. The van der Waals surface area contributed by atoms with Gasteiger partial charge in [-0.2, -0.15) is 0 Å². The fourth-order valence-electron chi connectivity index (χ4n) is 3.98. The van der Waals surface area contributed by atoms with Crippen LogP contribution in [-0.4, -0.2) is 29.8 Å². The number of anilines is 1. The first-order valence-corrected chi connectivity index (χ1v) is 10.4. The SMILES string of the molecule is Cc1cc(C(=O)N2CCCC2)ccc1NC(=O)CC(c1ccccc1)c1ccco1. The number of aryl methyl sites for hydroxylation is 1. The van der Waals surface area contributed by atoms with Gasteiger partial charge in [0.2, 0.25) is 5.91 Å². The van der Waals surface area contributed by atoms with Crippen LogP contribution in [0.1, 0.15) is 52.4 Å². The van der Waals surface area contributed by atoms with Crippen molar-refractivity contribution in [3.63, 3.8) is 0 Å². The smallest absolute Gasteiger partial charge is 0.253 e. The van der Waals surface area contributed by atoms with E-state index in [0.717, 1.165) is 48.5 Å². The first-order valence-electron chi connectivity index (χ1n) is 10.4. The molecule has 0 aliphatic carbocycles. The third kappa shape index (κ3) is 4.46. The van der Waals surface area contributed by atoms with Crippen molar-refractivity contribution in [3.05, 3.63) is 89.4 Å². The van der Waals surface area contributed by atoms with E-state index in [9.17, 15) is 9.59 Å². The molecule has 0 radical (unpaired) electrons. The highest BCUT2D eigenvalue weighted by atomic mass is 16.3. The second-order valence-electron chi connectivity index (χ2n) is 7.76. The Kier molecular flexibility index (Phi) is 5.98. The molecule has 1 aliphatic rings. The van der Waals surface area contributed by atoms with E-state index in [-0.39, 0.29) is 24.2 Å². The molecular formula is C25H26N2O3. The van der Waals surface area contributed by atoms with Crippen molar-refractivity contribution in [1.82, 2.24) is 4.90 Å². The second-order valence-corrected chi connectivity index (χ2v) is 7.76. The second kappa shape index (κ2) is 8.99. The number of nitrogens with zero attached hydrogens (tertiary/aromatic N) is 1. The minimum Gasteiger partial charge on any atom is -0.469 e. The van der Waals surface area contributed by atoms with Crippen molar-refractivity contribution in [2.75, 3.05) is 18.4 Å². The quantitative estimate of drug-likeness (QED) is 0.632. The highest BCUT2D eigenvalue weighted by molar-refractivity contribution is 5.97. The third-order valence-electron chi connectivity index (χ3n) is 5.62. The standard InChI is InChI=1S/C25H26N2O3/c1-18-16-20(25(29)27-13-5-6-14-27)11-12-22(18)26-24(28)17-21(23-10-7-15-30-23)19-8-3-2-4-9-19/h2-4,7-12,15-16,21H,5-6,13-14,17H2,1H3,(H,26,28). The highest BCUT2D eigenvalue weighted by Crippen LogP contribution is 2.29. The lowest BCUT2D eigenvalue weighted by molar-refractivity contribution is -0.116. The van der Waals surface area contributed by atoms with Crippen LogP contribution in [0.2, 0.25) is 0 Å². The zero-order valence-electron chi connectivity index (χ0n) is 17.1. The van der Waals surface area contributed by atoms with Gasteiger partial charge in [0.05, 0.1) is 12.2 Å². The van der Waals surface area contributed by atoms with Gasteiger partial charge in [-0.3, -0.25) is 9.59 Å². The van der Waals surface area contributed by atoms with E-state index in [2.05, 4.69) is 5.32 Å². The van der Waals surface area contributed by atoms with Gasteiger partial charge in [0.1, 0.15) is 5.76 Å². The van der Waals surface area contributed by atoms with Gasteiger partial charge in [0, 0.05) is 30.8 Å². The number of likely N-dealkylation sites (tertiary alicyclic amines) is 1. The molecule has 1 aliphatic heterocycles. The van der Waals surface area contributed by atoms with Gasteiger partial charge < -0.3 is 14.6 Å². The predicted octanol–water partition coefficient (Wildman–Crippen LogP) is 4.98. The number of rotatable bonds is 6. The Hall–Kier alpha value is -3.34. The summed E-state index contributed by atoms with van der Waals surface area (Å²) < 4.78 is 5.59. The monoisotopic (exact) mass is 402 g/mol. The van der Waals surface area contributed by atoms with Gasteiger partial charge in [0.15, 0.2) is 0 Å². The molecule has 30 heavy (non-hydrogen) atoms. The molecule has 0 saturated carbocycles. The number of carbonyl (C=O) groups excluding carboxylic acids is 2. The fourth-order valence-corrected chi connectivity index (χ4v) is 3.98. The number of furan rings is 1. The van der Waals surface area contributed by atoms with Crippen LogP contribution < -0.4 is 5.32 Å². The molecule has 3 aromatic rings. The summed E-state index contributed by atoms with van der Waals surface area (Å²) in [5.41, 5.74) is 3.31. The van der Waals surface area contributed by atoms with Crippen molar-refractivity contribution >= 4 is 17.5 Å². The molecule has 2 amide bonds. The Morgan fingerprint density at radius 2 is 1.80 bits per heavy atom. The Bertz CT molecular complexity index is 1010. The van der Waals surface area contributed by atoms with Crippen LogP contribution >= 0.6 is 0 Å². The highest BCUT2D eigenvalue weighted by Gasteiger charge is 2.22. The van der Waals surface area contributed by atoms with E-state index < -0.39 is 0 Å². The minimum atomic E-state index is -0.155. The largest absolute Gasteiger partial charge is 0.469 e. The van der Waals surface area contributed by atoms with Crippen molar-refractivity contribution in [2.24, 2.45) is 0 Å². The van der Waals surface area contributed by atoms with Crippen LogP contribution in [0.25, 0.3) is 0 Å². The molecule has 1 fully saturated rings. The Labute approximate surface area is 176 Å². The maximum Gasteiger partial charge on any atom is 0.253 e. The third-order valence-corrected chi connectivity index (χ3v) is 5.62. The first kappa shape index (κ1) is 20.0. The number of hydrogen-bond acceptors (Lipinski definition) is 3. The van der Waals surface area contributed by atoms with Crippen LogP contribution in [0.3, 0.4) is 0 Å². The van der Waals surface area contributed by atoms with Crippen LogP contribution in [0.5, 0.6) is 0 Å². The number of hydrogen-bond donors (Lipinski definition) is 1. The Morgan fingerprint density at radius 3 is 2.47 bits per heavy atom. The van der Waals surface area contributed by atoms with E-state index in [0.29, 0.717) is 5.56 Å². The predicted molar refractivity (Wildman–Crippen MR) is 117 cm³/mol. The zero-order chi connectivity index (χ0) is 20.9. The molecule has 1 atom stereocenters. The van der Waals surface area contributed by atoms with E-state index in [4.69, 9.17) is 4.42 Å². The summed E-state index contributed by atoms with van der Waals surface area (Å²) in [7, 11) is 0. The summed E-state index contributed by atoms with van der Waals surface area (Å²) in [5, 5.41) is 3.00. The average molecular weight is 402 g/mol. The first-order chi connectivity index (χ1) is 14.6. The fraction of sp³-hybridized carbons (Fsp3) is 0.280. The number of carbonyl (C=O) groups is 2. The minimum absolute atomic E-state index is 0.0652. The molecule has 0 bridgehead atoms. The zero-order valence-corrected chi connectivity index (χ0v) is 17.1. The normalized spacial score (nSPS) is 14.5. The molecule has 2 heterocycles. The van der Waals surface area contributed by atoms with E-state index in [1.165, 1.54) is 0 Å². The van der Waals surface area contributed by atoms with Crippen LogP contribution in [0.4, 0.5) is 5.69 Å². The lowest BCUT2D eigenvalue weighted by Crippen LogP contribution is -2.27. The summed E-state index contributed by atoms with van der Waals surface area (Å²) >= 11 is 0. The number of benzene rings is 2. The van der Waals surface area contributed by atoms with Crippen LogP contribution in [0.15, 0.2) is 71.3 Å². The average Bonchev–Trinajstić information content (AvgIpc) is 3.48. The molecule has 0 spiro atoms. The summed E-state index contributed by atoms with van der Waals surface area (Å²) in [5.74, 6) is 0.578. The van der Waals surface area contributed by atoms with E-state index in [1.54, 1.807) is 12.3 Å². The molecule has 154 valence electrons. The molecule has 2 aromatic carbocycles. The number of nitrogens with one attached hydrogen (secondary N) is 1. The topological polar surface area (TPSA) is 62.6 Å². The van der Waals surface area contributed by atoms with E-state index in [1.807, 2.05) is 66.4 Å². The Morgan fingerprint density at radius 1 is 1.03 bits per heavy atom. The van der Waals surface area contributed by atoms with Crippen LogP contribution in [-0.2, 0) is 4.79 Å². The van der Waals surface area contributed by atoms with Crippen molar-refractivity contribution in [1.29, 1.82) is 0 Å². The molecule has 5 nitrogen and oxygen atoms in total. The molecule has 1 saturated heterocycles. The van der Waals surface area contributed by atoms with Gasteiger partial charge in [-0.25, -0.2) is 0 Å². The van der Waals surface area contributed by atoms with Gasteiger partial charge >= 0.3 is 0 Å². The maximum atomic E-state index is 12.8. The number of amides is 2. The summed E-state index contributed by atoms with van der Waals surface area (Å²) in [6, 6.07) is 19.1. The lowest BCUT2D eigenvalue weighted by Gasteiger charge is -2.18. The molecule has 5 heteroatoms. The summed E-state index contributed by atoms with van der Waals surface area (Å²) in [4.78, 5) is 27.3. The van der Waals surface area contributed by atoms with Crippen molar-refractivity contribution in [2.45, 2.75) is 32.1 Å². The summed E-state index contributed by atoms with van der Waals surface area (Å²) in [6.45, 7) is 3.56. The molecule has 1 aromatic heterocycles. The molecule has 4 rings (SSSR count). The maximum absolute atomic E-state index is 12.8. The van der Waals surface area contributed by atoms with Gasteiger partial charge in [-0.15, -0.1) is 0 Å². The summed E-state index contributed by atoms with van der Waals surface area (Å²) in [6.07, 6.45) is 4.03. The van der Waals surface area contributed by atoms with Gasteiger partial charge in [-0.05, 0) is 61.2 Å². The van der Waals surface area contributed by atoms with Crippen molar-refractivity contribution in [3.8, 4) is 0 Å². The van der Waals surface area contributed by atoms with Gasteiger partial charge in [-0.1, -0.05) is 30.3 Å². The molecular weight excluding hydrogens is 376 g/mol.